The Hall–Kier alpha value is -0.810. The van der Waals surface area contributed by atoms with Gasteiger partial charge in [0.1, 0.15) is 4.99 Å². The highest BCUT2D eigenvalue weighted by molar-refractivity contribution is 9.10. The number of benzene rings is 1. The Bertz CT molecular complexity index is 473. The number of halogens is 1. The highest BCUT2D eigenvalue weighted by atomic mass is 79.9. The molecule has 0 aliphatic carbocycles. The van der Waals surface area contributed by atoms with Crippen LogP contribution in [0, 0.1) is 0 Å². The number of hydrogen-bond acceptors (Lipinski definition) is 3. The van der Waals surface area contributed by atoms with E-state index in [0.29, 0.717) is 6.61 Å². The van der Waals surface area contributed by atoms with Gasteiger partial charge in [-0.2, -0.15) is 0 Å². The van der Waals surface area contributed by atoms with Gasteiger partial charge < -0.3 is 14.4 Å². The molecule has 1 saturated heterocycles. The van der Waals surface area contributed by atoms with Gasteiger partial charge in [0.15, 0.2) is 11.5 Å². The molecule has 3 nitrogen and oxygen atoms in total. The fraction of sp³-hybridized carbons (Fsp3) is 0.500. The Morgan fingerprint density at radius 3 is 2.63 bits per heavy atom. The molecule has 0 bridgehead atoms. The molecule has 2 rings (SSSR count). The lowest BCUT2D eigenvalue weighted by molar-refractivity contribution is 0.310. The van der Waals surface area contributed by atoms with Crippen molar-refractivity contribution in [3.8, 4) is 11.5 Å². The third kappa shape index (κ3) is 3.20. The Labute approximate surface area is 128 Å². The number of hydrogen-bond donors (Lipinski definition) is 0. The van der Waals surface area contributed by atoms with Crippen LogP contribution in [-0.4, -0.2) is 36.7 Å². The standard InChI is InChI=1S/C14H18BrNO2S/c1-3-18-12-9-10(8-11(15)13(12)17-2)14(19)16-6-4-5-7-16/h8-9H,3-7H2,1-2H3. The molecule has 0 atom stereocenters. The summed E-state index contributed by atoms with van der Waals surface area (Å²) >= 11 is 9.09. The second kappa shape index (κ2) is 6.57. The first-order valence-corrected chi connectivity index (χ1v) is 7.67. The number of thiocarbonyl (C=S) groups is 1. The van der Waals surface area contributed by atoms with E-state index >= 15 is 0 Å². The van der Waals surface area contributed by atoms with Crippen LogP contribution in [0.5, 0.6) is 11.5 Å². The van der Waals surface area contributed by atoms with Crippen LogP contribution in [0.1, 0.15) is 25.3 Å². The van der Waals surface area contributed by atoms with E-state index in [2.05, 4.69) is 20.8 Å². The van der Waals surface area contributed by atoms with E-state index in [1.54, 1.807) is 7.11 Å². The Balaban J connectivity index is 2.32. The highest BCUT2D eigenvalue weighted by Crippen LogP contribution is 2.37. The van der Waals surface area contributed by atoms with Crippen LogP contribution >= 0.6 is 28.1 Å². The fourth-order valence-corrected chi connectivity index (χ4v) is 3.16. The van der Waals surface area contributed by atoms with Crippen molar-refractivity contribution >= 4 is 33.1 Å². The Morgan fingerprint density at radius 1 is 1.37 bits per heavy atom. The fourth-order valence-electron chi connectivity index (χ4n) is 2.26. The zero-order valence-electron chi connectivity index (χ0n) is 11.2. The summed E-state index contributed by atoms with van der Waals surface area (Å²) < 4.78 is 11.9. The van der Waals surface area contributed by atoms with Crippen LogP contribution in [0.2, 0.25) is 0 Å². The van der Waals surface area contributed by atoms with E-state index < -0.39 is 0 Å². The van der Waals surface area contributed by atoms with Crippen molar-refractivity contribution in [1.29, 1.82) is 0 Å². The summed E-state index contributed by atoms with van der Waals surface area (Å²) in [5, 5.41) is 0. The summed E-state index contributed by atoms with van der Waals surface area (Å²) in [5.74, 6) is 1.45. The number of likely N-dealkylation sites (tertiary alicyclic amines) is 1. The number of ether oxygens (including phenoxy) is 2. The van der Waals surface area contributed by atoms with Gasteiger partial charge in [0.25, 0.3) is 0 Å². The molecule has 19 heavy (non-hydrogen) atoms. The SMILES string of the molecule is CCOc1cc(C(=S)N2CCCC2)cc(Br)c1OC. The molecule has 1 fully saturated rings. The van der Waals surface area contributed by atoms with Gasteiger partial charge in [-0.25, -0.2) is 0 Å². The maximum absolute atomic E-state index is 5.63. The van der Waals surface area contributed by atoms with Crippen LogP contribution in [0.3, 0.4) is 0 Å². The van der Waals surface area contributed by atoms with Gasteiger partial charge in [-0.05, 0) is 47.8 Å². The van der Waals surface area contributed by atoms with E-state index in [1.807, 2.05) is 19.1 Å². The van der Waals surface area contributed by atoms with Crippen LogP contribution < -0.4 is 9.47 Å². The average Bonchev–Trinajstić information content (AvgIpc) is 2.91. The predicted octanol–water partition coefficient (Wildman–Crippen LogP) is 3.63. The summed E-state index contributed by atoms with van der Waals surface area (Å²) in [4.78, 5) is 3.14. The number of nitrogens with zero attached hydrogens (tertiary/aromatic N) is 1. The third-order valence-corrected chi connectivity index (χ3v) is 4.24. The summed E-state index contributed by atoms with van der Waals surface area (Å²) in [7, 11) is 1.64. The van der Waals surface area contributed by atoms with Crippen LogP contribution in [0.4, 0.5) is 0 Å². The zero-order valence-corrected chi connectivity index (χ0v) is 13.6. The molecule has 0 unspecified atom stereocenters. The summed E-state index contributed by atoms with van der Waals surface area (Å²) in [6.45, 7) is 4.65. The predicted molar refractivity (Wildman–Crippen MR) is 84.4 cm³/mol. The van der Waals surface area contributed by atoms with E-state index in [4.69, 9.17) is 21.7 Å². The quantitative estimate of drug-likeness (QED) is 0.778. The lowest BCUT2D eigenvalue weighted by atomic mass is 10.2. The molecule has 5 heteroatoms. The van der Waals surface area contributed by atoms with Crippen molar-refractivity contribution in [2.75, 3.05) is 26.8 Å². The van der Waals surface area contributed by atoms with Crippen molar-refractivity contribution < 1.29 is 9.47 Å². The second-order valence-corrected chi connectivity index (χ2v) is 5.66. The monoisotopic (exact) mass is 343 g/mol. The molecule has 1 aromatic carbocycles. The lowest BCUT2D eigenvalue weighted by Crippen LogP contribution is -2.26. The third-order valence-electron chi connectivity index (χ3n) is 3.15. The maximum Gasteiger partial charge on any atom is 0.174 e. The van der Waals surface area contributed by atoms with Gasteiger partial charge in [-0.3, -0.25) is 0 Å². The first-order valence-electron chi connectivity index (χ1n) is 6.47. The molecule has 0 aromatic heterocycles. The Kier molecular flexibility index (Phi) is 5.05. The first-order chi connectivity index (χ1) is 9.17. The van der Waals surface area contributed by atoms with E-state index in [1.165, 1.54) is 12.8 Å². The van der Waals surface area contributed by atoms with Crippen molar-refractivity contribution in [2.24, 2.45) is 0 Å². The van der Waals surface area contributed by atoms with Crippen molar-refractivity contribution in [3.05, 3.63) is 22.2 Å². The molecule has 1 aromatic rings. The maximum atomic E-state index is 5.63. The molecule has 0 saturated carbocycles. The average molecular weight is 344 g/mol. The molecule has 0 spiro atoms. The molecule has 0 N–H and O–H groups in total. The molecule has 1 aliphatic heterocycles. The van der Waals surface area contributed by atoms with E-state index in [-0.39, 0.29) is 0 Å². The summed E-state index contributed by atoms with van der Waals surface area (Å²) in [5.41, 5.74) is 1.01. The molecule has 1 heterocycles. The van der Waals surface area contributed by atoms with Gasteiger partial charge in [-0.1, -0.05) is 12.2 Å². The van der Waals surface area contributed by atoms with E-state index in [9.17, 15) is 0 Å². The van der Waals surface area contributed by atoms with E-state index in [0.717, 1.165) is 39.6 Å². The molecule has 0 radical (unpaired) electrons. The molecule has 104 valence electrons. The normalized spacial score (nSPS) is 14.6. The minimum Gasteiger partial charge on any atom is -0.492 e. The number of rotatable bonds is 4. The Morgan fingerprint density at radius 2 is 2.05 bits per heavy atom. The second-order valence-electron chi connectivity index (χ2n) is 4.42. The van der Waals surface area contributed by atoms with Gasteiger partial charge in [0, 0.05) is 18.7 Å². The van der Waals surface area contributed by atoms with Crippen LogP contribution in [0.25, 0.3) is 0 Å². The highest BCUT2D eigenvalue weighted by Gasteiger charge is 2.19. The smallest absolute Gasteiger partial charge is 0.174 e. The number of methoxy groups -OCH3 is 1. The van der Waals surface area contributed by atoms with Gasteiger partial charge in [0.2, 0.25) is 0 Å². The van der Waals surface area contributed by atoms with Crippen molar-refractivity contribution in [3.63, 3.8) is 0 Å². The first kappa shape index (κ1) is 14.6. The lowest BCUT2D eigenvalue weighted by Gasteiger charge is -2.20. The van der Waals surface area contributed by atoms with Gasteiger partial charge in [-0.15, -0.1) is 0 Å². The van der Waals surface area contributed by atoms with Gasteiger partial charge in [0.05, 0.1) is 18.2 Å². The van der Waals surface area contributed by atoms with Gasteiger partial charge >= 0.3 is 0 Å². The van der Waals surface area contributed by atoms with Crippen molar-refractivity contribution in [2.45, 2.75) is 19.8 Å². The molecular weight excluding hydrogens is 326 g/mol. The summed E-state index contributed by atoms with van der Waals surface area (Å²) in [6.07, 6.45) is 2.44. The van der Waals surface area contributed by atoms with Crippen LogP contribution in [0.15, 0.2) is 16.6 Å². The topological polar surface area (TPSA) is 21.7 Å². The largest absolute Gasteiger partial charge is 0.492 e. The molecule has 0 amide bonds. The molecule has 1 aliphatic rings. The zero-order chi connectivity index (χ0) is 13.8. The van der Waals surface area contributed by atoms with Crippen molar-refractivity contribution in [1.82, 2.24) is 4.90 Å². The van der Waals surface area contributed by atoms with Crippen LogP contribution in [-0.2, 0) is 0 Å². The minimum atomic E-state index is 0.600. The summed E-state index contributed by atoms with van der Waals surface area (Å²) in [6, 6.07) is 3.97. The minimum absolute atomic E-state index is 0.600. The molecular formula is C14H18BrNO2S.